The highest BCUT2D eigenvalue weighted by molar-refractivity contribution is 5.78. The molecule has 0 radical (unpaired) electrons. The van der Waals surface area contributed by atoms with Crippen molar-refractivity contribution in [3.05, 3.63) is 17.3 Å². The van der Waals surface area contributed by atoms with E-state index in [2.05, 4.69) is 11.9 Å². The van der Waals surface area contributed by atoms with Crippen molar-refractivity contribution in [1.29, 1.82) is 0 Å². The van der Waals surface area contributed by atoms with Crippen LogP contribution in [0.15, 0.2) is 17.1 Å². The van der Waals surface area contributed by atoms with Crippen LogP contribution in [0.5, 0.6) is 5.75 Å². The molecule has 0 bridgehead atoms. The summed E-state index contributed by atoms with van der Waals surface area (Å²) in [5, 5.41) is 11.3. The van der Waals surface area contributed by atoms with E-state index in [1.54, 1.807) is 12.1 Å². The number of hydrogen-bond acceptors (Lipinski definition) is 4. The first-order chi connectivity index (χ1) is 7.72. The largest absolute Gasteiger partial charge is 0.623 e. The predicted octanol–water partition coefficient (Wildman–Crippen LogP) is 1.14. The van der Waals surface area contributed by atoms with Crippen molar-refractivity contribution < 1.29 is 9.80 Å². The zero-order valence-corrected chi connectivity index (χ0v) is 9.19. The highest BCUT2D eigenvalue weighted by Gasteiger charge is 2.18. The van der Waals surface area contributed by atoms with Gasteiger partial charge < -0.3 is 15.7 Å². The molecule has 86 valence electrons. The fraction of sp³-hybridized carbons (Fsp3) is 0.364. The first-order valence-corrected chi connectivity index (χ1v) is 5.37. The number of nitrogen functional groups attached to an aromatic ring is 1. The van der Waals surface area contributed by atoms with Crippen molar-refractivity contribution in [2.45, 2.75) is 19.8 Å². The third-order valence-electron chi connectivity index (χ3n) is 2.47. The molecule has 0 saturated heterocycles. The number of fused-ring (bicyclic) bond motifs is 1. The summed E-state index contributed by atoms with van der Waals surface area (Å²) in [6.07, 6.45) is 3.34. The van der Waals surface area contributed by atoms with E-state index >= 15 is 0 Å². The van der Waals surface area contributed by atoms with Crippen LogP contribution in [0.3, 0.4) is 0 Å². The summed E-state index contributed by atoms with van der Waals surface area (Å²) in [5.74, 6) is 0.575. The van der Waals surface area contributed by atoms with Crippen LogP contribution in [0.2, 0.25) is 0 Å². The molecule has 1 heterocycles. The lowest BCUT2D eigenvalue weighted by Crippen LogP contribution is -2.99. The summed E-state index contributed by atoms with van der Waals surface area (Å²) < 4.78 is 5.52. The molecule has 0 aromatic heterocycles. The lowest BCUT2D eigenvalue weighted by atomic mass is 10.2. The van der Waals surface area contributed by atoms with Gasteiger partial charge in [-0.05, 0) is 12.5 Å². The van der Waals surface area contributed by atoms with Crippen LogP contribution in [0.25, 0.3) is 0 Å². The number of unbranched alkanes of at least 4 members (excludes halogenated alkanes) is 1. The van der Waals surface area contributed by atoms with Crippen LogP contribution in [-0.2, 0) is 0 Å². The third-order valence-corrected chi connectivity index (χ3v) is 2.47. The van der Waals surface area contributed by atoms with Crippen molar-refractivity contribution in [2.75, 3.05) is 12.3 Å². The average Bonchev–Trinajstić information content (AvgIpc) is 2.61. The molecule has 0 amide bonds. The summed E-state index contributed by atoms with van der Waals surface area (Å²) >= 11 is 0. The van der Waals surface area contributed by atoms with Gasteiger partial charge in [-0.1, -0.05) is 13.3 Å². The van der Waals surface area contributed by atoms with Crippen LogP contribution in [-0.4, -0.2) is 12.9 Å². The Morgan fingerprint density at radius 2 is 2.31 bits per heavy atom. The summed E-state index contributed by atoms with van der Waals surface area (Å²) in [6.45, 7) is 2.71. The predicted molar refractivity (Wildman–Crippen MR) is 63.4 cm³/mol. The minimum Gasteiger partial charge on any atom is -0.623 e. The maximum absolute atomic E-state index is 11.4. The van der Waals surface area contributed by atoms with E-state index in [1.807, 2.05) is 0 Å². The molecule has 1 unspecified atom stereocenters. The number of ether oxygens (including phenoxy) is 1. The van der Waals surface area contributed by atoms with E-state index in [1.165, 1.54) is 6.34 Å². The molecule has 16 heavy (non-hydrogen) atoms. The molecule has 5 heteroatoms. The highest BCUT2D eigenvalue weighted by atomic mass is 16.5. The van der Waals surface area contributed by atoms with Crippen LogP contribution in [0.4, 0.5) is 17.1 Å². The Hall–Kier alpha value is -1.59. The molecule has 1 aromatic carbocycles. The molecule has 5 nitrogen and oxygen atoms in total. The van der Waals surface area contributed by atoms with Gasteiger partial charge in [0.2, 0.25) is 0 Å². The zero-order chi connectivity index (χ0) is 11.5. The fourth-order valence-electron chi connectivity index (χ4n) is 1.54. The maximum atomic E-state index is 11.4. The van der Waals surface area contributed by atoms with Crippen LogP contribution >= 0.6 is 0 Å². The molecule has 1 atom stereocenters. The number of aliphatic imine (C=N–C) groups is 1. The van der Waals surface area contributed by atoms with Crippen LogP contribution in [0, 0.1) is 5.21 Å². The Morgan fingerprint density at radius 3 is 3.06 bits per heavy atom. The Kier molecular flexibility index (Phi) is 3.07. The Morgan fingerprint density at radius 1 is 1.50 bits per heavy atom. The van der Waals surface area contributed by atoms with Gasteiger partial charge in [0.25, 0.3) is 0 Å². The molecule has 1 aliphatic heterocycles. The average molecular weight is 221 g/mol. The van der Waals surface area contributed by atoms with Gasteiger partial charge in [0.05, 0.1) is 12.3 Å². The zero-order valence-electron chi connectivity index (χ0n) is 9.19. The van der Waals surface area contributed by atoms with Crippen molar-refractivity contribution in [2.24, 2.45) is 4.99 Å². The summed E-state index contributed by atoms with van der Waals surface area (Å²) in [5.41, 5.74) is 7.54. The number of hydrogen-bond donors (Lipinski definition) is 2. The minimum atomic E-state index is -0.0876. The second-order valence-electron chi connectivity index (χ2n) is 3.73. The standard InChI is InChI=1S/C11H15N3O2/c1-2-3-4-16-11-6-10-9(5-8(11)12)13-7-14(10)15/h5-7,14H,2-4,12H2,1H3. The molecule has 2 rings (SSSR count). The topological polar surface area (TPSA) is 75.1 Å². The number of hydroxylamine groups is 1. The van der Waals surface area contributed by atoms with E-state index in [9.17, 15) is 5.21 Å². The summed E-state index contributed by atoms with van der Waals surface area (Å²) in [6, 6.07) is 3.35. The van der Waals surface area contributed by atoms with Crippen molar-refractivity contribution in [3.8, 4) is 5.75 Å². The van der Waals surface area contributed by atoms with Gasteiger partial charge >= 0.3 is 0 Å². The Labute approximate surface area is 94.1 Å². The van der Waals surface area contributed by atoms with Gasteiger partial charge in [0, 0.05) is 6.07 Å². The first-order valence-electron chi connectivity index (χ1n) is 5.37. The van der Waals surface area contributed by atoms with E-state index in [0.717, 1.165) is 12.8 Å². The normalized spacial score (nSPS) is 17.5. The molecule has 0 fully saturated rings. The molecule has 1 aliphatic rings. The number of nitrogens with zero attached hydrogens (tertiary/aromatic N) is 1. The number of nitrogens with one attached hydrogen (secondary N) is 1. The van der Waals surface area contributed by atoms with Gasteiger partial charge in [-0.2, -0.15) is 4.99 Å². The number of rotatable bonds is 4. The molecule has 0 spiro atoms. The van der Waals surface area contributed by atoms with Crippen molar-refractivity contribution >= 4 is 23.4 Å². The fourth-order valence-corrected chi connectivity index (χ4v) is 1.54. The van der Waals surface area contributed by atoms with E-state index in [0.29, 0.717) is 29.4 Å². The second kappa shape index (κ2) is 4.51. The number of quaternary nitrogens is 1. The lowest BCUT2D eigenvalue weighted by molar-refractivity contribution is -0.655. The van der Waals surface area contributed by atoms with Gasteiger partial charge in [-0.25, -0.2) is 0 Å². The van der Waals surface area contributed by atoms with Crippen molar-refractivity contribution in [1.82, 2.24) is 0 Å². The smallest absolute Gasteiger partial charge is 0.194 e. The SMILES string of the molecule is CCCCOc1cc2c(cc1N)N=C[NH+]2[O-]. The van der Waals surface area contributed by atoms with Crippen molar-refractivity contribution in [3.63, 3.8) is 0 Å². The van der Waals surface area contributed by atoms with E-state index < -0.39 is 0 Å². The quantitative estimate of drug-likeness (QED) is 0.454. The molecule has 0 saturated carbocycles. The van der Waals surface area contributed by atoms with Crippen LogP contribution < -0.4 is 15.5 Å². The van der Waals surface area contributed by atoms with Gasteiger partial charge in [-0.3, -0.25) is 5.06 Å². The molecule has 3 N–H and O–H groups in total. The highest BCUT2D eigenvalue weighted by Crippen LogP contribution is 2.34. The van der Waals surface area contributed by atoms with E-state index in [4.69, 9.17) is 10.5 Å². The number of nitrogens with two attached hydrogens (primary N) is 1. The lowest BCUT2D eigenvalue weighted by Gasteiger charge is -2.14. The minimum absolute atomic E-state index is 0.0876. The number of benzene rings is 1. The van der Waals surface area contributed by atoms with Gasteiger partial charge in [-0.15, -0.1) is 0 Å². The number of anilines is 1. The summed E-state index contributed by atoms with van der Waals surface area (Å²) in [7, 11) is 0. The second-order valence-corrected chi connectivity index (χ2v) is 3.73. The summed E-state index contributed by atoms with van der Waals surface area (Å²) in [4.78, 5) is 3.97. The first kappa shape index (κ1) is 10.9. The van der Waals surface area contributed by atoms with Gasteiger partial charge in [0.1, 0.15) is 11.4 Å². The molecular formula is C11H15N3O2. The maximum Gasteiger partial charge on any atom is 0.194 e. The van der Waals surface area contributed by atoms with Gasteiger partial charge in [0.15, 0.2) is 12.0 Å². The monoisotopic (exact) mass is 221 g/mol. The Bertz CT molecular complexity index is 418. The molecular weight excluding hydrogens is 206 g/mol. The molecule has 1 aromatic rings. The Balaban J connectivity index is 2.18. The van der Waals surface area contributed by atoms with E-state index in [-0.39, 0.29) is 5.06 Å². The van der Waals surface area contributed by atoms with Crippen LogP contribution in [0.1, 0.15) is 19.8 Å². The third kappa shape index (κ3) is 2.00. The molecule has 0 aliphatic carbocycles.